The molecule has 1 aromatic heterocycles. The summed E-state index contributed by atoms with van der Waals surface area (Å²) in [5.41, 5.74) is -1.07. The molecule has 1 aromatic carbocycles. The highest BCUT2D eigenvalue weighted by molar-refractivity contribution is 5.49. The number of anilines is 1. The van der Waals surface area contributed by atoms with Crippen molar-refractivity contribution in [3.05, 3.63) is 47.3 Å². The van der Waals surface area contributed by atoms with Gasteiger partial charge in [0, 0.05) is 12.4 Å². The van der Waals surface area contributed by atoms with Crippen LogP contribution in [0.1, 0.15) is 25.2 Å². The lowest BCUT2D eigenvalue weighted by molar-refractivity contribution is 0.380. The minimum absolute atomic E-state index is 0.326. The van der Waals surface area contributed by atoms with Crippen LogP contribution in [-0.4, -0.2) is 9.97 Å². The zero-order valence-electron chi connectivity index (χ0n) is 10.3. The van der Waals surface area contributed by atoms with Crippen molar-refractivity contribution in [3.63, 3.8) is 0 Å². The quantitative estimate of drug-likeness (QED) is 0.512. The second-order valence-corrected chi connectivity index (χ2v) is 4.02. The van der Waals surface area contributed by atoms with Crippen LogP contribution in [0.25, 0.3) is 0 Å². The normalized spacial score (nSPS) is 12.5. The molecule has 2 rings (SSSR count). The van der Waals surface area contributed by atoms with E-state index >= 15 is 0 Å². The zero-order chi connectivity index (χ0) is 14.9. The molecule has 1 atom stereocenters. The van der Waals surface area contributed by atoms with E-state index in [1.807, 2.05) is 0 Å². The first-order valence-electron chi connectivity index (χ1n) is 5.74. The minimum Gasteiger partial charge on any atom is -0.370 e. The molecule has 0 spiro atoms. The van der Waals surface area contributed by atoms with Gasteiger partial charge in [-0.05, 0) is 6.42 Å². The highest BCUT2D eigenvalue weighted by atomic mass is 19.2. The Labute approximate surface area is 110 Å². The Balaban J connectivity index is 2.43. The van der Waals surface area contributed by atoms with Gasteiger partial charge in [0.2, 0.25) is 5.82 Å². The molecule has 0 radical (unpaired) electrons. The third-order valence-corrected chi connectivity index (χ3v) is 2.79. The van der Waals surface area contributed by atoms with Crippen molar-refractivity contribution >= 4 is 5.69 Å². The number of rotatable bonds is 4. The lowest BCUT2D eigenvalue weighted by Crippen LogP contribution is -2.16. The lowest BCUT2D eigenvalue weighted by atomic mass is 10.1. The fraction of sp³-hybridized carbons (Fsp3) is 0.250. The third kappa shape index (κ3) is 2.33. The topological polar surface area (TPSA) is 40.7 Å². The first-order valence-corrected chi connectivity index (χ1v) is 5.74. The van der Waals surface area contributed by atoms with Gasteiger partial charge in [-0.15, -0.1) is 0 Å². The van der Waals surface area contributed by atoms with Gasteiger partial charge in [0.1, 0.15) is 11.5 Å². The molecule has 2 aromatic rings. The Bertz CT molecular complexity index is 583. The van der Waals surface area contributed by atoms with Crippen molar-refractivity contribution in [2.45, 2.75) is 19.4 Å². The molecule has 0 aliphatic rings. The lowest BCUT2D eigenvalue weighted by Gasteiger charge is -2.17. The number of hydrogen-bond acceptors (Lipinski definition) is 2. The van der Waals surface area contributed by atoms with E-state index in [0.717, 1.165) is 0 Å². The Morgan fingerprint density at radius 1 is 1.05 bits per heavy atom. The predicted octanol–water partition coefficient (Wildman–Crippen LogP) is 3.67. The molecule has 0 saturated carbocycles. The summed E-state index contributed by atoms with van der Waals surface area (Å²) in [5, 5.41) is 2.29. The molecule has 1 heterocycles. The fourth-order valence-electron chi connectivity index (χ4n) is 1.74. The average molecular weight is 291 g/mol. The number of halogens is 5. The van der Waals surface area contributed by atoms with E-state index in [-0.39, 0.29) is 0 Å². The van der Waals surface area contributed by atoms with Crippen LogP contribution >= 0.6 is 0 Å². The van der Waals surface area contributed by atoms with Crippen LogP contribution in [0.4, 0.5) is 27.6 Å². The summed E-state index contributed by atoms with van der Waals surface area (Å²) in [7, 11) is 0. The molecule has 1 unspecified atom stereocenters. The molecule has 0 fully saturated rings. The van der Waals surface area contributed by atoms with Crippen LogP contribution in [0.3, 0.4) is 0 Å². The van der Waals surface area contributed by atoms with Crippen molar-refractivity contribution in [1.82, 2.24) is 9.97 Å². The van der Waals surface area contributed by atoms with Crippen LogP contribution in [0.2, 0.25) is 0 Å². The smallest absolute Gasteiger partial charge is 0.200 e. The molecule has 0 aliphatic carbocycles. The standard InChI is InChI=1S/C12H10F5N3/c1-2-5(12-18-3-4-19-12)20-11-9(16)7(14)6(13)8(15)10(11)17/h3-5,20H,2H2,1H3,(H,18,19). The molecule has 2 N–H and O–H groups in total. The van der Waals surface area contributed by atoms with Crippen molar-refractivity contribution < 1.29 is 22.0 Å². The van der Waals surface area contributed by atoms with Gasteiger partial charge in [-0.3, -0.25) is 0 Å². The minimum atomic E-state index is -2.18. The maximum Gasteiger partial charge on any atom is 0.200 e. The second kappa shape index (κ2) is 5.48. The summed E-state index contributed by atoms with van der Waals surface area (Å²) >= 11 is 0. The predicted molar refractivity (Wildman–Crippen MR) is 61.5 cm³/mol. The van der Waals surface area contributed by atoms with Crippen molar-refractivity contribution in [1.29, 1.82) is 0 Å². The first kappa shape index (κ1) is 14.3. The van der Waals surface area contributed by atoms with E-state index in [1.54, 1.807) is 6.92 Å². The molecular formula is C12H10F5N3. The van der Waals surface area contributed by atoms with Crippen molar-refractivity contribution in [2.75, 3.05) is 5.32 Å². The number of imidazole rings is 1. The summed E-state index contributed by atoms with van der Waals surface area (Å²) in [6, 6.07) is -0.710. The van der Waals surface area contributed by atoms with Crippen LogP contribution < -0.4 is 5.32 Å². The Morgan fingerprint density at radius 3 is 2.05 bits per heavy atom. The number of aromatic nitrogens is 2. The molecule has 3 nitrogen and oxygen atoms in total. The first-order chi connectivity index (χ1) is 9.47. The summed E-state index contributed by atoms with van der Waals surface area (Å²) in [4.78, 5) is 6.59. The van der Waals surface area contributed by atoms with E-state index in [1.165, 1.54) is 12.4 Å². The van der Waals surface area contributed by atoms with Crippen molar-refractivity contribution in [2.24, 2.45) is 0 Å². The zero-order valence-corrected chi connectivity index (χ0v) is 10.3. The summed E-state index contributed by atoms with van der Waals surface area (Å²) in [6.07, 6.45) is 3.23. The largest absolute Gasteiger partial charge is 0.370 e. The number of hydrogen-bond donors (Lipinski definition) is 2. The van der Waals surface area contributed by atoms with Gasteiger partial charge in [0.15, 0.2) is 23.3 Å². The van der Waals surface area contributed by atoms with Gasteiger partial charge >= 0.3 is 0 Å². The van der Waals surface area contributed by atoms with E-state index in [0.29, 0.717) is 12.2 Å². The van der Waals surface area contributed by atoms with E-state index in [4.69, 9.17) is 0 Å². The van der Waals surface area contributed by atoms with Crippen molar-refractivity contribution in [3.8, 4) is 0 Å². The Kier molecular flexibility index (Phi) is 3.91. The molecule has 20 heavy (non-hydrogen) atoms. The Hall–Kier alpha value is -2.12. The van der Waals surface area contributed by atoms with Gasteiger partial charge < -0.3 is 10.3 Å². The molecular weight excluding hydrogens is 281 g/mol. The van der Waals surface area contributed by atoms with Crippen LogP contribution in [0, 0.1) is 29.1 Å². The monoisotopic (exact) mass is 291 g/mol. The number of nitrogens with zero attached hydrogens (tertiary/aromatic N) is 1. The number of aromatic amines is 1. The maximum atomic E-state index is 13.5. The second-order valence-electron chi connectivity index (χ2n) is 4.02. The van der Waals surface area contributed by atoms with E-state index in [9.17, 15) is 22.0 Å². The molecule has 8 heteroatoms. The molecule has 0 bridgehead atoms. The molecule has 108 valence electrons. The molecule has 0 amide bonds. The molecule has 0 aliphatic heterocycles. The summed E-state index contributed by atoms with van der Waals surface area (Å²) < 4.78 is 66.1. The van der Waals surface area contributed by atoms with Gasteiger partial charge in [0.05, 0.1) is 6.04 Å². The summed E-state index contributed by atoms with van der Waals surface area (Å²) in [5.74, 6) is -9.62. The van der Waals surface area contributed by atoms with Gasteiger partial charge in [0.25, 0.3) is 0 Å². The average Bonchev–Trinajstić information content (AvgIpc) is 2.97. The SMILES string of the molecule is CCC(Nc1c(F)c(F)c(F)c(F)c1F)c1ncc[nH]1. The number of benzene rings is 1. The fourth-order valence-corrected chi connectivity index (χ4v) is 1.74. The van der Waals surface area contributed by atoms with Crippen LogP contribution in [0.5, 0.6) is 0 Å². The van der Waals surface area contributed by atoms with Gasteiger partial charge in [-0.2, -0.15) is 0 Å². The Morgan fingerprint density at radius 2 is 1.60 bits per heavy atom. The third-order valence-electron chi connectivity index (χ3n) is 2.79. The number of H-pyrrole nitrogens is 1. The molecule has 0 saturated heterocycles. The van der Waals surface area contributed by atoms with E-state index < -0.39 is 40.8 Å². The highest BCUT2D eigenvalue weighted by Crippen LogP contribution is 2.30. The summed E-state index contributed by atoms with van der Waals surface area (Å²) in [6.45, 7) is 1.67. The maximum absolute atomic E-state index is 13.5. The van der Waals surface area contributed by atoms with E-state index in [2.05, 4.69) is 15.3 Å². The highest BCUT2D eigenvalue weighted by Gasteiger charge is 2.27. The van der Waals surface area contributed by atoms with Crippen LogP contribution in [0.15, 0.2) is 12.4 Å². The van der Waals surface area contributed by atoms with Gasteiger partial charge in [-0.1, -0.05) is 6.92 Å². The number of nitrogens with one attached hydrogen (secondary N) is 2. The van der Waals surface area contributed by atoms with Gasteiger partial charge in [-0.25, -0.2) is 26.9 Å². The van der Waals surface area contributed by atoms with Crippen LogP contribution in [-0.2, 0) is 0 Å².